The standard InChI is InChI=1S/C16H27N3S2/c1-3-17-16(19-12-15-7-5-9-21-15)18-11-13(2)10-14-6-4-8-20-14/h4,6,8,13,15H,3,5,7,9-12H2,1-2H3,(H2,17,18,19). The van der Waals surface area contributed by atoms with Crippen LogP contribution >= 0.6 is 23.1 Å². The van der Waals surface area contributed by atoms with E-state index in [1.54, 1.807) is 0 Å². The molecule has 1 fully saturated rings. The summed E-state index contributed by atoms with van der Waals surface area (Å²) in [7, 11) is 0. The van der Waals surface area contributed by atoms with Gasteiger partial charge in [0.05, 0.1) is 0 Å². The summed E-state index contributed by atoms with van der Waals surface area (Å²) < 4.78 is 0. The van der Waals surface area contributed by atoms with Crippen molar-refractivity contribution in [1.29, 1.82) is 0 Å². The molecule has 5 heteroatoms. The van der Waals surface area contributed by atoms with Gasteiger partial charge in [0.15, 0.2) is 5.96 Å². The van der Waals surface area contributed by atoms with E-state index < -0.39 is 0 Å². The van der Waals surface area contributed by atoms with Gasteiger partial charge in [0.2, 0.25) is 0 Å². The van der Waals surface area contributed by atoms with Crippen molar-refractivity contribution in [2.75, 3.05) is 25.4 Å². The molecule has 118 valence electrons. The molecule has 0 saturated carbocycles. The molecule has 2 rings (SSSR count). The topological polar surface area (TPSA) is 36.4 Å². The lowest BCUT2D eigenvalue weighted by Gasteiger charge is -2.15. The van der Waals surface area contributed by atoms with Gasteiger partial charge in [-0.05, 0) is 49.3 Å². The second-order valence-corrected chi connectivity index (χ2v) is 8.06. The fourth-order valence-electron chi connectivity index (χ4n) is 2.44. The normalized spacial score (nSPS) is 20.5. The second kappa shape index (κ2) is 9.36. The maximum Gasteiger partial charge on any atom is 0.191 e. The Bertz CT molecular complexity index is 411. The number of nitrogens with zero attached hydrogens (tertiary/aromatic N) is 1. The minimum absolute atomic E-state index is 0.583. The molecule has 0 radical (unpaired) electrons. The van der Waals surface area contributed by atoms with Gasteiger partial charge >= 0.3 is 0 Å². The number of rotatable bonds is 7. The largest absolute Gasteiger partial charge is 0.357 e. The molecule has 2 heterocycles. The van der Waals surface area contributed by atoms with Crippen molar-refractivity contribution < 1.29 is 0 Å². The molecule has 2 unspecified atom stereocenters. The number of thiophene rings is 1. The van der Waals surface area contributed by atoms with Gasteiger partial charge in [0, 0.05) is 29.8 Å². The van der Waals surface area contributed by atoms with Gasteiger partial charge in [-0.2, -0.15) is 11.8 Å². The van der Waals surface area contributed by atoms with Crippen molar-refractivity contribution in [3.63, 3.8) is 0 Å². The van der Waals surface area contributed by atoms with Crippen LogP contribution in [-0.4, -0.2) is 36.6 Å². The first kappa shape index (κ1) is 16.7. The van der Waals surface area contributed by atoms with Gasteiger partial charge in [0.25, 0.3) is 0 Å². The highest BCUT2D eigenvalue weighted by Gasteiger charge is 2.15. The van der Waals surface area contributed by atoms with E-state index in [9.17, 15) is 0 Å². The highest BCUT2D eigenvalue weighted by atomic mass is 32.2. The van der Waals surface area contributed by atoms with E-state index in [0.717, 1.165) is 37.3 Å². The highest BCUT2D eigenvalue weighted by Crippen LogP contribution is 2.25. The van der Waals surface area contributed by atoms with Crippen molar-refractivity contribution >= 4 is 29.1 Å². The van der Waals surface area contributed by atoms with E-state index in [1.807, 2.05) is 11.3 Å². The van der Waals surface area contributed by atoms with Crippen LogP contribution < -0.4 is 10.6 Å². The lowest BCUT2D eigenvalue weighted by atomic mass is 10.1. The highest BCUT2D eigenvalue weighted by molar-refractivity contribution is 8.00. The molecule has 2 N–H and O–H groups in total. The SMILES string of the molecule is CCNC(=NCC(C)Cc1cccs1)NCC1CCCS1. The lowest BCUT2D eigenvalue weighted by Crippen LogP contribution is -2.40. The summed E-state index contributed by atoms with van der Waals surface area (Å²) in [6.45, 7) is 7.24. The van der Waals surface area contributed by atoms with Gasteiger partial charge in [-0.15, -0.1) is 11.3 Å². The average molecular weight is 326 g/mol. The Morgan fingerprint density at radius 2 is 2.38 bits per heavy atom. The van der Waals surface area contributed by atoms with Crippen molar-refractivity contribution in [2.24, 2.45) is 10.9 Å². The number of nitrogens with one attached hydrogen (secondary N) is 2. The number of hydrogen-bond acceptors (Lipinski definition) is 3. The molecule has 21 heavy (non-hydrogen) atoms. The Morgan fingerprint density at radius 1 is 1.48 bits per heavy atom. The van der Waals surface area contributed by atoms with E-state index in [-0.39, 0.29) is 0 Å². The number of aliphatic imine (C=N–C) groups is 1. The van der Waals surface area contributed by atoms with Crippen LogP contribution in [0, 0.1) is 5.92 Å². The Labute approximate surface area is 137 Å². The van der Waals surface area contributed by atoms with Crippen molar-refractivity contribution in [1.82, 2.24) is 10.6 Å². The molecule has 1 aliphatic rings. The summed E-state index contributed by atoms with van der Waals surface area (Å²) in [5.41, 5.74) is 0. The molecule has 1 aromatic heterocycles. The number of hydrogen-bond donors (Lipinski definition) is 2. The first-order chi connectivity index (χ1) is 10.3. The first-order valence-electron chi connectivity index (χ1n) is 7.94. The summed E-state index contributed by atoms with van der Waals surface area (Å²) in [6.07, 6.45) is 3.83. The van der Waals surface area contributed by atoms with Crippen LogP contribution in [-0.2, 0) is 6.42 Å². The lowest BCUT2D eigenvalue weighted by molar-refractivity contribution is 0.594. The molecule has 0 aromatic carbocycles. The van der Waals surface area contributed by atoms with Crippen molar-refractivity contribution in [2.45, 2.75) is 38.4 Å². The van der Waals surface area contributed by atoms with Crippen molar-refractivity contribution in [3.05, 3.63) is 22.4 Å². The zero-order valence-corrected chi connectivity index (χ0v) is 14.7. The summed E-state index contributed by atoms with van der Waals surface area (Å²) >= 11 is 3.93. The van der Waals surface area contributed by atoms with E-state index >= 15 is 0 Å². The smallest absolute Gasteiger partial charge is 0.191 e. The monoisotopic (exact) mass is 325 g/mol. The van der Waals surface area contributed by atoms with E-state index in [4.69, 9.17) is 4.99 Å². The van der Waals surface area contributed by atoms with Crippen molar-refractivity contribution in [3.8, 4) is 0 Å². The van der Waals surface area contributed by atoms with E-state index in [2.05, 4.69) is 53.8 Å². The van der Waals surface area contributed by atoms with Gasteiger partial charge in [-0.25, -0.2) is 0 Å². The van der Waals surface area contributed by atoms with Crippen LogP contribution in [0.4, 0.5) is 0 Å². The molecule has 0 aliphatic carbocycles. The molecule has 1 aliphatic heterocycles. The molecule has 2 atom stereocenters. The van der Waals surface area contributed by atoms with E-state index in [1.165, 1.54) is 23.5 Å². The zero-order chi connectivity index (χ0) is 14.9. The van der Waals surface area contributed by atoms with Gasteiger partial charge < -0.3 is 10.6 Å². The number of thioether (sulfide) groups is 1. The van der Waals surface area contributed by atoms with Crippen LogP contribution in [0.1, 0.15) is 31.6 Å². The first-order valence-corrected chi connectivity index (χ1v) is 9.87. The Kier molecular flexibility index (Phi) is 7.44. The average Bonchev–Trinajstić information content (AvgIpc) is 3.15. The van der Waals surface area contributed by atoms with Gasteiger partial charge in [-0.1, -0.05) is 13.0 Å². The van der Waals surface area contributed by atoms with Crippen LogP contribution in [0.3, 0.4) is 0 Å². The Morgan fingerprint density at radius 3 is 3.05 bits per heavy atom. The predicted octanol–water partition coefficient (Wildman–Crippen LogP) is 3.38. The fraction of sp³-hybridized carbons (Fsp3) is 0.688. The zero-order valence-electron chi connectivity index (χ0n) is 13.1. The molecule has 0 spiro atoms. The third-order valence-corrected chi connectivity index (χ3v) is 5.85. The predicted molar refractivity (Wildman–Crippen MR) is 96.6 cm³/mol. The van der Waals surface area contributed by atoms with E-state index in [0.29, 0.717) is 5.92 Å². The van der Waals surface area contributed by atoms with Crippen LogP contribution in [0.25, 0.3) is 0 Å². The minimum atomic E-state index is 0.583. The molecule has 1 saturated heterocycles. The third kappa shape index (κ3) is 6.30. The van der Waals surface area contributed by atoms with Crippen LogP contribution in [0.5, 0.6) is 0 Å². The summed E-state index contributed by atoms with van der Waals surface area (Å²) in [6, 6.07) is 4.34. The Hall–Kier alpha value is -0.680. The minimum Gasteiger partial charge on any atom is -0.357 e. The maximum atomic E-state index is 4.74. The van der Waals surface area contributed by atoms with Gasteiger partial charge in [-0.3, -0.25) is 4.99 Å². The summed E-state index contributed by atoms with van der Waals surface area (Å²) in [4.78, 5) is 6.20. The van der Waals surface area contributed by atoms with Crippen LogP contribution in [0.15, 0.2) is 22.5 Å². The third-order valence-electron chi connectivity index (χ3n) is 3.56. The number of guanidine groups is 1. The molecule has 3 nitrogen and oxygen atoms in total. The molecule has 0 bridgehead atoms. The Balaban J connectivity index is 1.75. The van der Waals surface area contributed by atoms with Gasteiger partial charge in [0.1, 0.15) is 0 Å². The molecule has 1 aromatic rings. The fourth-order valence-corrected chi connectivity index (χ4v) is 4.51. The molecular weight excluding hydrogens is 298 g/mol. The van der Waals surface area contributed by atoms with Crippen LogP contribution in [0.2, 0.25) is 0 Å². The molecule has 0 amide bonds. The maximum absolute atomic E-state index is 4.74. The quantitative estimate of drug-likeness (QED) is 0.596. The summed E-state index contributed by atoms with van der Waals surface area (Å²) in [5.74, 6) is 2.88. The second-order valence-electron chi connectivity index (χ2n) is 5.62. The summed E-state index contributed by atoms with van der Waals surface area (Å²) in [5, 5.41) is 9.76. The molecular formula is C16H27N3S2.